The number of carbonyl (C=O) groups is 5. The van der Waals surface area contributed by atoms with E-state index < -0.39 is 46.5 Å². The molecule has 1 aromatic heterocycles. The first kappa shape index (κ1) is 40.4. The number of likely N-dealkylation sites (tertiary alicyclic amines) is 1. The minimum atomic E-state index is -1.11. The fraction of sp³-hybridized carbons (Fsp3) is 0.477. The molecule has 5 amide bonds. The molecule has 1 saturated carbocycles. The minimum absolute atomic E-state index is 0.0168. The van der Waals surface area contributed by atoms with Crippen molar-refractivity contribution in [3.05, 3.63) is 82.5 Å². The smallest absolute Gasteiger partial charge is 0.262 e. The van der Waals surface area contributed by atoms with Crippen LogP contribution < -0.4 is 20.1 Å². The second kappa shape index (κ2) is 15.9. The third-order valence-electron chi connectivity index (χ3n) is 12.3. The number of nitrogens with two attached hydrogens (primary N) is 1. The van der Waals surface area contributed by atoms with Crippen LogP contribution in [0.4, 0.5) is 5.82 Å². The summed E-state index contributed by atoms with van der Waals surface area (Å²) < 4.78 is 12.5. The van der Waals surface area contributed by atoms with Crippen LogP contribution in [0.15, 0.2) is 54.7 Å². The first-order valence-electron chi connectivity index (χ1n) is 20.0. The molecule has 14 nitrogen and oxygen atoms in total. The van der Waals surface area contributed by atoms with E-state index in [9.17, 15) is 29.2 Å². The lowest BCUT2D eigenvalue weighted by Gasteiger charge is -2.65. The van der Waals surface area contributed by atoms with Crippen LogP contribution >= 0.6 is 0 Å². The van der Waals surface area contributed by atoms with Crippen LogP contribution in [0.2, 0.25) is 0 Å². The maximum Gasteiger partial charge on any atom is 0.262 e. The number of anilines is 1. The van der Waals surface area contributed by atoms with Gasteiger partial charge >= 0.3 is 0 Å². The average Bonchev–Trinajstić information content (AvgIpc) is 3.44. The second-order valence-corrected chi connectivity index (χ2v) is 17.0. The molecule has 0 spiro atoms. The minimum Gasteiger partial charge on any atom is -0.494 e. The van der Waals surface area contributed by atoms with E-state index >= 15 is 0 Å². The lowest BCUT2D eigenvalue weighted by Crippen LogP contribution is -2.77. The maximum atomic E-state index is 14.3. The van der Waals surface area contributed by atoms with Crippen molar-refractivity contribution in [1.82, 2.24) is 19.7 Å². The number of nitriles is 1. The number of primary amides is 1. The van der Waals surface area contributed by atoms with Crippen LogP contribution in [0.3, 0.4) is 0 Å². The van der Waals surface area contributed by atoms with E-state index in [1.807, 2.05) is 46.8 Å². The Labute approximate surface area is 338 Å². The van der Waals surface area contributed by atoms with E-state index in [0.717, 1.165) is 68.3 Å². The zero-order valence-electron chi connectivity index (χ0n) is 33.8. The predicted octanol–water partition coefficient (Wildman–Crippen LogP) is 4.73. The van der Waals surface area contributed by atoms with Gasteiger partial charge in [0.2, 0.25) is 11.8 Å². The zero-order valence-corrected chi connectivity index (χ0v) is 33.8. The van der Waals surface area contributed by atoms with E-state index in [-0.39, 0.29) is 36.0 Å². The van der Waals surface area contributed by atoms with Crippen molar-refractivity contribution in [3.8, 4) is 17.6 Å². The number of aryl methyl sites for hydroxylation is 1. The molecule has 58 heavy (non-hydrogen) atoms. The molecule has 1 unspecified atom stereocenters. The molecule has 304 valence electrons. The molecule has 2 aromatic carbocycles. The summed E-state index contributed by atoms with van der Waals surface area (Å²) in [7, 11) is 0. The summed E-state index contributed by atoms with van der Waals surface area (Å²) in [6.45, 7) is 14.6. The first-order chi connectivity index (χ1) is 27.6. The van der Waals surface area contributed by atoms with E-state index in [2.05, 4.69) is 20.9 Å². The number of hydrogen-bond acceptors (Lipinski definition) is 11. The molecule has 0 bridgehead atoms. The Morgan fingerprint density at radius 3 is 2.24 bits per heavy atom. The Morgan fingerprint density at radius 1 is 0.879 bits per heavy atom. The van der Waals surface area contributed by atoms with Gasteiger partial charge in [-0.1, -0.05) is 27.7 Å². The van der Waals surface area contributed by atoms with Crippen LogP contribution in [0.5, 0.6) is 11.5 Å². The van der Waals surface area contributed by atoms with E-state index in [0.29, 0.717) is 29.2 Å². The SMILES string of the molecule is Cc1cc(OC2C(C)(C)C(N3C(=O)CCC(N4C(=O)c5ccc(OCCCCCN6CCN(c7ccc(C(N)=O)cn7)CC6)cc5C4=O)C3=O)C2(C)C)ccc1C#N. The van der Waals surface area contributed by atoms with Gasteiger partial charge in [0.05, 0.1) is 41.0 Å². The lowest BCUT2D eigenvalue weighted by molar-refractivity contribution is -0.216. The number of ether oxygens (including phenoxy) is 2. The molecule has 0 radical (unpaired) electrons. The Kier molecular flexibility index (Phi) is 11.0. The van der Waals surface area contributed by atoms with Gasteiger partial charge in [-0.15, -0.1) is 0 Å². The number of imide groups is 2. The lowest BCUT2D eigenvalue weighted by atomic mass is 9.48. The summed E-state index contributed by atoms with van der Waals surface area (Å²) in [6.07, 6.45) is 4.00. The molecule has 4 aliphatic rings. The molecule has 3 aromatic rings. The summed E-state index contributed by atoms with van der Waals surface area (Å²) in [5.74, 6) is -0.593. The number of rotatable bonds is 13. The van der Waals surface area contributed by atoms with Crippen molar-refractivity contribution in [3.63, 3.8) is 0 Å². The number of piperazine rings is 1. The standard InChI is InChI=1S/C44H51N7O7/c1-27-23-31(11-9-28(27)25-45)58-42-43(2,3)41(44(42,4)5)51-36(52)16-14-34(40(51)56)50-38(54)32-13-12-30(24-33(32)39(50)55)57-22-8-6-7-17-48-18-20-49(21-19-48)35-15-10-29(26-47-35)37(46)53/h9-13,15,23-24,26,34,41-42H,6-8,14,16-22H2,1-5H3,(H2,46,53). The molecule has 2 saturated heterocycles. The van der Waals surface area contributed by atoms with Crippen molar-refractivity contribution < 1.29 is 33.4 Å². The van der Waals surface area contributed by atoms with Gasteiger partial charge in [-0.05, 0) is 93.2 Å². The number of carbonyl (C=O) groups excluding carboxylic acids is 5. The molecule has 1 aliphatic carbocycles. The largest absolute Gasteiger partial charge is 0.494 e. The van der Waals surface area contributed by atoms with E-state index in [4.69, 9.17) is 15.2 Å². The monoisotopic (exact) mass is 789 g/mol. The van der Waals surface area contributed by atoms with Crippen LogP contribution in [0, 0.1) is 29.1 Å². The number of nitrogens with zero attached hydrogens (tertiary/aromatic N) is 6. The van der Waals surface area contributed by atoms with Gasteiger partial charge in [0.25, 0.3) is 17.7 Å². The highest BCUT2D eigenvalue weighted by Crippen LogP contribution is 2.58. The molecule has 7 rings (SSSR count). The fourth-order valence-electron chi connectivity index (χ4n) is 9.68. The fourth-order valence-corrected chi connectivity index (χ4v) is 9.68. The molecular weight excluding hydrogens is 739 g/mol. The summed E-state index contributed by atoms with van der Waals surface area (Å²) in [5.41, 5.74) is 6.14. The quantitative estimate of drug-likeness (QED) is 0.187. The van der Waals surface area contributed by atoms with Gasteiger partial charge in [-0.3, -0.25) is 38.7 Å². The first-order valence-corrected chi connectivity index (χ1v) is 20.0. The molecule has 14 heteroatoms. The van der Waals surface area contributed by atoms with E-state index in [1.54, 1.807) is 36.4 Å². The summed E-state index contributed by atoms with van der Waals surface area (Å²) in [4.78, 5) is 78.0. The third-order valence-corrected chi connectivity index (χ3v) is 12.3. The van der Waals surface area contributed by atoms with Crippen molar-refractivity contribution in [2.24, 2.45) is 16.6 Å². The van der Waals surface area contributed by atoms with Crippen LogP contribution in [-0.4, -0.2) is 107 Å². The topological polar surface area (TPSA) is 179 Å². The number of pyridine rings is 1. The molecule has 3 fully saturated rings. The summed E-state index contributed by atoms with van der Waals surface area (Å²) in [6, 6.07) is 14.1. The van der Waals surface area contributed by atoms with Gasteiger partial charge in [0, 0.05) is 49.6 Å². The molecule has 2 N–H and O–H groups in total. The number of benzene rings is 2. The molecular formula is C44H51N7O7. The number of piperidine rings is 1. The molecule has 1 atom stereocenters. The van der Waals surface area contributed by atoms with Crippen LogP contribution in [0.25, 0.3) is 0 Å². The number of aromatic nitrogens is 1. The highest BCUT2D eigenvalue weighted by Gasteiger charge is 2.68. The van der Waals surface area contributed by atoms with Gasteiger partial charge < -0.3 is 20.1 Å². The number of amides is 5. The second-order valence-electron chi connectivity index (χ2n) is 17.0. The van der Waals surface area contributed by atoms with Crippen molar-refractivity contribution >= 4 is 35.4 Å². The normalized spacial score (nSPS) is 22.7. The van der Waals surface area contributed by atoms with Crippen LogP contribution in [0.1, 0.15) is 102 Å². The van der Waals surface area contributed by atoms with Gasteiger partial charge in [-0.25, -0.2) is 4.98 Å². The Morgan fingerprint density at radius 2 is 1.59 bits per heavy atom. The van der Waals surface area contributed by atoms with Gasteiger partial charge in [-0.2, -0.15) is 5.26 Å². The third kappa shape index (κ3) is 7.39. The van der Waals surface area contributed by atoms with Gasteiger partial charge in [0.15, 0.2) is 0 Å². The average molecular weight is 790 g/mol. The van der Waals surface area contributed by atoms with E-state index in [1.165, 1.54) is 11.1 Å². The predicted molar refractivity (Wildman–Crippen MR) is 214 cm³/mol. The number of hydrogen-bond donors (Lipinski definition) is 1. The zero-order chi connectivity index (χ0) is 41.5. The molecule has 3 aliphatic heterocycles. The Balaban J connectivity index is 0.907. The van der Waals surface area contributed by atoms with Gasteiger partial charge in [0.1, 0.15) is 29.5 Å². The highest BCUT2D eigenvalue weighted by atomic mass is 16.5. The van der Waals surface area contributed by atoms with Crippen molar-refractivity contribution in [1.29, 1.82) is 5.26 Å². The number of unbranched alkanes of at least 4 members (excludes halogenated alkanes) is 2. The Bertz CT molecular complexity index is 2150. The summed E-state index contributed by atoms with van der Waals surface area (Å²) in [5, 5.41) is 9.34. The van der Waals surface area contributed by atoms with Crippen molar-refractivity contribution in [2.75, 3.05) is 44.2 Å². The Hall–Kier alpha value is -5.81. The maximum absolute atomic E-state index is 14.3. The highest BCUT2D eigenvalue weighted by molar-refractivity contribution is 6.23. The van der Waals surface area contributed by atoms with Crippen molar-refractivity contribution in [2.45, 2.75) is 84.9 Å². The number of fused-ring (bicyclic) bond motifs is 1. The van der Waals surface area contributed by atoms with Crippen LogP contribution in [-0.2, 0) is 9.59 Å². The summed E-state index contributed by atoms with van der Waals surface area (Å²) >= 11 is 0. The molecule has 4 heterocycles.